The molecule has 0 saturated carbocycles. The van der Waals surface area contributed by atoms with Crippen LogP contribution in [0.1, 0.15) is 11.1 Å². The molecular formula is C27H23N5O. The molecule has 0 atom stereocenters. The van der Waals surface area contributed by atoms with Crippen LogP contribution in [0, 0.1) is 0 Å². The Labute approximate surface area is 192 Å². The minimum absolute atomic E-state index is 0.00948. The molecule has 162 valence electrons. The van der Waals surface area contributed by atoms with Gasteiger partial charge in [-0.05, 0) is 47.5 Å². The highest BCUT2D eigenvalue weighted by Crippen LogP contribution is 2.30. The fourth-order valence-electron chi connectivity index (χ4n) is 3.71. The van der Waals surface area contributed by atoms with E-state index in [0.29, 0.717) is 13.0 Å². The molecule has 2 aromatic carbocycles. The Bertz CT molecular complexity index is 1360. The first-order valence-electron chi connectivity index (χ1n) is 10.8. The van der Waals surface area contributed by atoms with Crippen LogP contribution in [0.4, 0.5) is 11.5 Å². The summed E-state index contributed by atoms with van der Waals surface area (Å²) in [5, 5.41) is 6.49. The molecule has 5 rings (SSSR count). The Morgan fingerprint density at radius 3 is 2.45 bits per heavy atom. The summed E-state index contributed by atoms with van der Waals surface area (Å²) in [6.45, 7) is 0.489. The van der Waals surface area contributed by atoms with Gasteiger partial charge in [-0.3, -0.25) is 14.2 Å². The van der Waals surface area contributed by atoms with E-state index in [9.17, 15) is 4.79 Å². The standard InChI is InChI=1S/C27H23N5O/c33-25(17-20-7-2-1-3-8-20)29-18-21-11-13-23(14-12-21)30-27-26(22-9-6-15-28-19-22)31-24-10-4-5-16-32(24)27/h1-16,19,30H,17-18H2,(H,29,33). The summed E-state index contributed by atoms with van der Waals surface area (Å²) in [4.78, 5) is 21.3. The normalized spacial score (nSPS) is 10.8. The Kier molecular flexibility index (Phi) is 5.80. The van der Waals surface area contributed by atoms with Crippen molar-refractivity contribution in [2.24, 2.45) is 0 Å². The molecule has 6 heteroatoms. The molecule has 5 aromatic rings. The second-order valence-corrected chi connectivity index (χ2v) is 7.74. The van der Waals surface area contributed by atoms with Gasteiger partial charge >= 0.3 is 0 Å². The number of imidazole rings is 1. The number of anilines is 2. The van der Waals surface area contributed by atoms with E-state index in [2.05, 4.69) is 15.6 Å². The van der Waals surface area contributed by atoms with Crippen molar-refractivity contribution in [1.29, 1.82) is 0 Å². The summed E-state index contributed by atoms with van der Waals surface area (Å²) in [7, 11) is 0. The summed E-state index contributed by atoms with van der Waals surface area (Å²) in [6.07, 6.45) is 5.94. The quantitative estimate of drug-likeness (QED) is 0.379. The van der Waals surface area contributed by atoms with Crippen molar-refractivity contribution in [2.45, 2.75) is 13.0 Å². The van der Waals surface area contributed by atoms with Crippen molar-refractivity contribution in [1.82, 2.24) is 19.7 Å². The molecule has 33 heavy (non-hydrogen) atoms. The zero-order valence-electron chi connectivity index (χ0n) is 18.0. The largest absolute Gasteiger partial charge is 0.352 e. The highest BCUT2D eigenvalue weighted by atomic mass is 16.1. The van der Waals surface area contributed by atoms with Gasteiger partial charge in [-0.1, -0.05) is 48.5 Å². The number of benzene rings is 2. The molecule has 0 radical (unpaired) electrons. The van der Waals surface area contributed by atoms with E-state index in [1.807, 2.05) is 102 Å². The number of rotatable bonds is 7. The molecule has 2 N–H and O–H groups in total. The molecular weight excluding hydrogens is 410 g/mol. The van der Waals surface area contributed by atoms with Gasteiger partial charge in [-0.25, -0.2) is 4.98 Å². The van der Waals surface area contributed by atoms with Gasteiger partial charge in [-0.15, -0.1) is 0 Å². The lowest BCUT2D eigenvalue weighted by Crippen LogP contribution is -2.24. The van der Waals surface area contributed by atoms with E-state index in [4.69, 9.17) is 4.98 Å². The number of fused-ring (bicyclic) bond motifs is 1. The molecule has 6 nitrogen and oxygen atoms in total. The summed E-state index contributed by atoms with van der Waals surface area (Å²) in [6, 6.07) is 27.6. The minimum Gasteiger partial charge on any atom is -0.352 e. The molecule has 0 saturated heterocycles. The van der Waals surface area contributed by atoms with Crippen LogP contribution in [0.5, 0.6) is 0 Å². The van der Waals surface area contributed by atoms with Crippen LogP contribution in [0.2, 0.25) is 0 Å². The summed E-state index contributed by atoms with van der Waals surface area (Å²) >= 11 is 0. The number of hydrogen-bond acceptors (Lipinski definition) is 4. The predicted molar refractivity (Wildman–Crippen MR) is 130 cm³/mol. The number of nitrogens with one attached hydrogen (secondary N) is 2. The van der Waals surface area contributed by atoms with Crippen molar-refractivity contribution in [2.75, 3.05) is 5.32 Å². The maximum atomic E-state index is 12.2. The molecule has 1 amide bonds. The van der Waals surface area contributed by atoms with E-state index in [0.717, 1.165) is 39.5 Å². The van der Waals surface area contributed by atoms with Crippen LogP contribution in [0.3, 0.4) is 0 Å². The summed E-state index contributed by atoms with van der Waals surface area (Å²) in [5.74, 6) is 0.887. The average Bonchev–Trinajstić information content (AvgIpc) is 3.23. The lowest BCUT2D eigenvalue weighted by molar-refractivity contribution is -0.120. The molecule has 0 aliphatic heterocycles. The van der Waals surface area contributed by atoms with Gasteiger partial charge in [0.05, 0.1) is 6.42 Å². The van der Waals surface area contributed by atoms with Crippen LogP contribution in [0.15, 0.2) is 104 Å². The number of hydrogen-bond donors (Lipinski definition) is 2. The fraction of sp³-hybridized carbons (Fsp3) is 0.0741. The molecule has 0 unspecified atom stereocenters. The molecule has 0 aliphatic rings. The highest BCUT2D eigenvalue weighted by molar-refractivity contribution is 5.80. The Morgan fingerprint density at radius 1 is 0.848 bits per heavy atom. The summed E-state index contributed by atoms with van der Waals surface area (Å²) < 4.78 is 2.03. The Balaban J connectivity index is 1.30. The number of amides is 1. The van der Waals surface area contributed by atoms with E-state index in [1.165, 1.54) is 0 Å². The van der Waals surface area contributed by atoms with Crippen molar-refractivity contribution >= 4 is 23.1 Å². The third-order valence-corrected chi connectivity index (χ3v) is 5.38. The Hall–Kier alpha value is -4.45. The van der Waals surface area contributed by atoms with E-state index in [-0.39, 0.29) is 5.91 Å². The van der Waals surface area contributed by atoms with Crippen molar-refractivity contribution in [3.05, 3.63) is 115 Å². The van der Waals surface area contributed by atoms with Gasteiger partial charge in [0.1, 0.15) is 17.2 Å². The number of carbonyl (C=O) groups excluding carboxylic acids is 1. The highest BCUT2D eigenvalue weighted by Gasteiger charge is 2.14. The topological polar surface area (TPSA) is 71.3 Å². The number of aromatic nitrogens is 3. The fourth-order valence-corrected chi connectivity index (χ4v) is 3.71. The molecule has 3 aromatic heterocycles. The van der Waals surface area contributed by atoms with E-state index < -0.39 is 0 Å². The predicted octanol–water partition coefficient (Wildman–Crippen LogP) is 5.00. The smallest absolute Gasteiger partial charge is 0.224 e. The zero-order chi connectivity index (χ0) is 22.5. The summed E-state index contributed by atoms with van der Waals surface area (Å²) in [5.41, 5.74) is 5.62. The van der Waals surface area contributed by atoms with Gasteiger partial charge in [0.25, 0.3) is 0 Å². The Morgan fingerprint density at radius 2 is 1.67 bits per heavy atom. The molecule has 0 spiro atoms. The number of nitrogens with zero attached hydrogens (tertiary/aromatic N) is 3. The van der Waals surface area contributed by atoms with E-state index in [1.54, 1.807) is 6.20 Å². The zero-order valence-corrected chi connectivity index (χ0v) is 18.0. The third kappa shape index (κ3) is 4.75. The van der Waals surface area contributed by atoms with Crippen molar-refractivity contribution < 1.29 is 4.79 Å². The average molecular weight is 434 g/mol. The van der Waals surface area contributed by atoms with E-state index >= 15 is 0 Å². The lowest BCUT2D eigenvalue weighted by atomic mass is 10.1. The second-order valence-electron chi connectivity index (χ2n) is 7.74. The van der Waals surface area contributed by atoms with Crippen LogP contribution < -0.4 is 10.6 Å². The lowest BCUT2D eigenvalue weighted by Gasteiger charge is -2.10. The first kappa shape index (κ1) is 20.5. The van der Waals surface area contributed by atoms with Crippen molar-refractivity contribution in [3.8, 4) is 11.3 Å². The molecule has 0 bridgehead atoms. The van der Waals surface area contributed by atoms with Gasteiger partial charge in [0, 0.05) is 36.4 Å². The number of pyridine rings is 2. The maximum Gasteiger partial charge on any atom is 0.224 e. The van der Waals surface area contributed by atoms with Gasteiger partial charge < -0.3 is 10.6 Å². The van der Waals surface area contributed by atoms with Crippen LogP contribution >= 0.6 is 0 Å². The first-order valence-corrected chi connectivity index (χ1v) is 10.8. The third-order valence-electron chi connectivity index (χ3n) is 5.38. The van der Waals surface area contributed by atoms with Gasteiger partial charge in [0.2, 0.25) is 5.91 Å². The minimum atomic E-state index is 0.00948. The van der Waals surface area contributed by atoms with Crippen LogP contribution in [-0.4, -0.2) is 20.3 Å². The van der Waals surface area contributed by atoms with Crippen LogP contribution in [-0.2, 0) is 17.8 Å². The molecule has 0 fully saturated rings. The molecule has 0 aliphatic carbocycles. The first-order chi connectivity index (χ1) is 16.3. The number of carbonyl (C=O) groups is 1. The monoisotopic (exact) mass is 433 g/mol. The van der Waals surface area contributed by atoms with Crippen molar-refractivity contribution in [3.63, 3.8) is 0 Å². The van der Waals surface area contributed by atoms with Gasteiger partial charge in [0.15, 0.2) is 0 Å². The second kappa shape index (κ2) is 9.36. The van der Waals surface area contributed by atoms with Crippen LogP contribution in [0.25, 0.3) is 16.9 Å². The SMILES string of the molecule is O=C(Cc1ccccc1)NCc1ccc(Nc2c(-c3cccnc3)nc3ccccn23)cc1. The van der Waals surface area contributed by atoms with Gasteiger partial charge in [-0.2, -0.15) is 0 Å². The maximum absolute atomic E-state index is 12.2. The molecule has 3 heterocycles.